The predicted molar refractivity (Wildman–Crippen MR) is 74.5 cm³/mol. The van der Waals surface area contributed by atoms with Gasteiger partial charge >= 0.3 is 0 Å². The van der Waals surface area contributed by atoms with Crippen molar-refractivity contribution >= 4 is 0 Å². The molecule has 1 N–H and O–H groups in total. The Hall–Kier alpha value is -1.68. The molecule has 1 unspecified atom stereocenters. The fraction of sp³-hybridized carbons (Fsp3) is 0.400. The van der Waals surface area contributed by atoms with Gasteiger partial charge in [0.25, 0.3) is 0 Å². The molecule has 0 saturated carbocycles. The molecule has 102 valence electrons. The van der Waals surface area contributed by atoms with E-state index in [1.165, 1.54) is 6.07 Å². The van der Waals surface area contributed by atoms with Crippen LogP contribution in [0.3, 0.4) is 0 Å². The SMILES string of the molecule is CCNC(Cc1ccc(F)cc1C)c1ccnn1C. The standard InChI is InChI=1S/C15H20FN3/c1-4-17-14(15-7-8-18-19(15)3)10-12-5-6-13(16)9-11(12)2/h5-9,14,17H,4,10H2,1-3H3. The van der Waals surface area contributed by atoms with Crippen LogP contribution < -0.4 is 5.32 Å². The van der Waals surface area contributed by atoms with E-state index in [-0.39, 0.29) is 11.9 Å². The van der Waals surface area contributed by atoms with Crippen molar-refractivity contribution < 1.29 is 4.39 Å². The van der Waals surface area contributed by atoms with Gasteiger partial charge in [-0.05, 0) is 49.2 Å². The summed E-state index contributed by atoms with van der Waals surface area (Å²) < 4.78 is 15.0. The lowest BCUT2D eigenvalue weighted by atomic mass is 9.99. The molecule has 0 aliphatic carbocycles. The van der Waals surface area contributed by atoms with Crippen molar-refractivity contribution in [3.05, 3.63) is 53.1 Å². The van der Waals surface area contributed by atoms with Gasteiger partial charge in [-0.25, -0.2) is 4.39 Å². The van der Waals surface area contributed by atoms with Gasteiger partial charge in [0.1, 0.15) is 5.82 Å². The Kier molecular flexibility index (Phi) is 4.32. The highest BCUT2D eigenvalue weighted by Gasteiger charge is 2.15. The summed E-state index contributed by atoms with van der Waals surface area (Å²) in [6.07, 6.45) is 2.64. The van der Waals surface area contributed by atoms with Crippen molar-refractivity contribution in [2.75, 3.05) is 6.54 Å². The molecule has 2 rings (SSSR count). The zero-order chi connectivity index (χ0) is 13.8. The second-order valence-electron chi connectivity index (χ2n) is 4.76. The molecule has 0 amide bonds. The Bertz CT molecular complexity index is 548. The summed E-state index contributed by atoms with van der Waals surface area (Å²) in [5, 5.41) is 7.68. The number of benzene rings is 1. The summed E-state index contributed by atoms with van der Waals surface area (Å²) in [7, 11) is 1.94. The molecule has 1 heterocycles. The second kappa shape index (κ2) is 5.97. The van der Waals surface area contributed by atoms with E-state index in [9.17, 15) is 4.39 Å². The number of likely N-dealkylation sites (N-methyl/N-ethyl adjacent to an activating group) is 1. The number of hydrogen-bond acceptors (Lipinski definition) is 2. The van der Waals surface area contributed by atoms with Crippen molar-refractivity contribution in [2.24, 2.45) is 7.05 Å². The summed E-state index contributed by atoms with van der Waals surface area (Å²) in [5.74, 6) is -0.179. The van der Waals surface area contributed by atoms with Gasteiger partial charge in [0.15, 0.2) is 0 Å². The highest BCUT2D eigenvalue weighted by Crippen LogP contribution is 2.20. The molecule has 1 aromatic carbocycles. The zero-order valence-electron chi connectivity index (χ0n) is 11.7. The average molecular weight is 261 g/mol. The Morgan fingerprint density at radius 1 is 1.37 bits per heavy atom. The van der Waals surface area contributed by atoms with Crippen LogP contribution in [0.25, 0.3) is 0 Å². The third-order valence-corrected chi connectivity index (χ3v) is 3.40. The van der Waals surface area contributed by atoms with Gasteiger partial charge in [0.05, 0.1) is 11.7 Å². The summed E-state index contributed by atoms with van der Waals surface area (Å²) >= 11 is 0. The summed E-state index contributed by atoms with van der Waals surface area (Å²) in [4.78, 5) is 0. The molecule has 4 heteroatoms. The summed E-state index contributed by atoms with van der Waals surface area (Å²) in [6, 6.07) is 7.19. The van der Waals surface area contributed by atoms with Gasteiger partial charge in [-0.15, -0.1) is 0 Å². The maximum Gasteiger partial charge on any atom is 0.123 e. The number of nitrogens with one attached hydrogen (secondary N) is 1. The lowest BCUT2D eigenvalue weighted by Crippen LogP contribution is -2.25. The Balaban J connectivity index is 2.24. The van der Waals surface area contributed by atoms with Crippen LogP contribution in [0.1, 0.15) is 29.8 Å². The van der Waals surface area contributed by atoms with Gasteiger partial charge in [-0.1, -0.05) is 13.0 Å². The largest absolute Gasteiger partial charge is 0.309 e. The van der Waals surface area contributed by atoms with E-state index in [0.29, 0.717) is 0 Å². The van der Waals surface area contributed by atoms with Crippen molar-refractivity contribution in [3.8, 4) is 0 Å². The Labute approximate surface area is 113 Å². The minimum absolute atomic E-state index is 0.179. The molecule has 1 atom stereocenters. The van der Waals surface area contributed by atoms with Crippen LogP contribution >= 0.6 is 0 Å². The van der Waals surface area contributed by atoms with E-state index >= 15 is 0 Å². The summed E-state index contributed by atoms with van der Waals surface area (Å²) in [5.41, 5.74) is 3.30. The number of halogens is 1. The maximum absolute atomic E-state index is 13.1. The van der Waals surface area contributed by atoms with Gasteiger partial charge in [-0.3, -0.25) is 4.68 Å². The molecular formula is C15H20FN3. The van der Waals surface area contributed by atoms with Gasteiger partial charge in [0, 0.05) is 13.2 Å². The molecule has 0 spiro atoms. The minimum atomic E-state index is -0.179. The van der Waals surface area contributed by atoms with Crippen LogP contribution in [-0.4, -0.2) is 16.3 Å². The topological polar surface area (TPSA) is 29.9 Å². The Morgan fingerprint density at radius 3 is 2.74 bits per heavy atom. The fourth-order valence-electron chi connectivity index (χ4n) is 2.36. The first kappa shape index (κ1) is 13.7. The van der Waals surface area contributed by atoms with Gasteiger partial charge in [-0.2, -0.15) is 5.10 Å². The van der Waals surface area contributed by atoms with Gasteiger partial charge in [0.2, 0.25) is 0 Å². The lowest BCUT2D eigenvalue weighted by molar-refractivity contribution is 0.506. The van der Waals surface area contributed by atoms with Gasteiger partial charge < -0.3 is 5.32 Å². The van der Waals surface area contributed by atoms with E-state index in [4.69, 9.17) is 0 Å². The van der Waals surface area contributed by atoms with Crippen molar-refractivity contribution in [1.29, 1.82) is 0 Å². The van der Waals surface area contributed by atoms with Crippen LogP contribution in [0, 0.1) is 12.7 Å². The van der Waals surface area contributed by atoms with E-state index in [1.54, 1.807) is 12.3 Å². The monoisotopic (exact) mass is 261 g/mol. The first-order valence-electron chi connectivity index (χ1n) is 6.58. The van der Waals surface area contributed by atoms with Crippen LogP contribution in [0.4, 0.5) is 4.39 Å². The second-order valence-corrected chi connectivity index (χ2v) is 4.76. The molecule has 0 fully saturated rings. The minimum Gasteiger partial charge on any atom is -0.309 e. The van der Waals surface area contributed by atoms with Crippen LogP contribution in [0.15, 0.2) is 30.5 Å². The highest BCUT2D eigenvalue weighted by molar-refractivity contribution is 5.28. The molecule has 0 radical (unpaired) electrons. The molecule has 2 aromatic rings. The Morgan fingerprint density at radius 2 is 2.16 bits per heavy atom. The molecule has 0 aliphatic rings. The lowest BCUT2D eigenvalue weighted by Gasteiger charge is -2.19. The first-order valence-corrected chi connectivity index (χ1v) is 6.58. The molecule has 0 bridgehead atoms. The smallest absolute Gasteiger partial charge is 0.123 e. The van der Waals surface area contributed by atoms with E-state index < -0.39 is 0 Å². The third kappa shape index (κ3) is 3.20. The molecule has 0 saturated heterocycles. The predicted octanol–water partition coefficient (Wildman–Crippen LogP) is 2.76. The van der Waals surface area contributed by atoms with Crippen LogP contribution in [-0.2, 0) is 13.5 Å². The van der Waals surface area contributed by atoms with Crippen molar-refractivity contribution in [3.63, 3.8) is 0 Å². The van der Waals surface area contributed by atoms with Crippen molar-refractivity contribution in [1.82, 2.24) is 15.1 Å². The fourth-order valence-corrected chi connectivity index (χ4v) is 2.36. The third-order valence-electron chi connectivity index (χ3n) is 3.40. The maximum atomic E-state index is 13.1. The number of nitrogens with zero attached hydrogens (tertiary/aromatic N) is 2. The van der Waals surface area contributed by atoms with Crippen LogP contribution in [0.2, 0.25) is 0 Å². The number of aryl methyl sites for hydroxylation is 2. The van der Waals surface area contributed by atoms with E-state index in [0.717, 1.165) is 29.8 Å². The number of rotatable bonds is 5. The number of aromatic nitrogens is 2. The average Bonchev–Trinajstić information content (AvgIpc) is 2.78. The number of hydrogen-bond donors (Lipinski definition) is 1. The highest BCUT2D eigenvalue weighted by atomic mass is 19.1. The zero-order valence-corrected chi connectivity index (χ0v) is 11.7. The first-order chi connectivity index (χ1) is 9.11. The molecule has 19 heavy (non-hydrogen) atoms. The molecule has 3 nitrogen and oxygen atoms in total. The molecule has 1 aromatic heterocycles. The van der Waals surface area contributed by atoms with E-state index in [2.05, 4.69) is 17.3 Å². The molecule has 0 aliphatic heterocycles. The molecular weight excluding hydrogens is 241 g/mol. The quantitative estimate of drug-likeness (QED) is 0.897. The normalized spacial score (nSPS) is 12.6. The summed E-state index contributed by atoms with van der Waals surface area (Å²) in [6.45, 7) is 4.92. The van der Waals surface area contributed by atoms with Crippen LogP contribution in [0.5, 0.6) is 0 Å². The van der Waals surface area contributed by atoms with E-state index in [1.807, 2.05) is 30.8 Å². The van der Waals surface area contributed by atoms with Crippen molar-refractivity contribution in [2.45, 2.75) is 26.3 Å².